The maximum Gasteiger partial charge on any atom is 0.275 e. The highest BCUT2D eigenvalue weighted by Crippen LogP contribution is 2.40. The van der Waals surface area contributed by atoms with Crippen molar-refractivity contribution in [1.29, 1.82) is 0 Å². The fourth-order valence-corrected chi connectivity index (χ4v) is 3.77. The first kappa shape index (κ1) is 18.3. The molecule has 0 bridgehead atoms. The minimum absolute atomic E-state index is 0.0675. The Morgan fingerprint density at radius 3 is 2.27 bits per heavy atom. The first-order valence-electron chi connectivity index (χ1n) is 9.94. The van der Waals surface area contributed by atoms with Gasteiger partial charge in [0, 0.05) is 11.4 Å². The molecule has 0 saturated heterocycles. The molecule has 5 rings (SSSR count). The molecule has 1 N–H and O–H groups in total. The Morgan fingerprint density at radius 2 is 1.53 bits per heavy atom. The standard InChI is InChI=1S/C25H22N2O3/c1-16-3-8-19(9-4-16)26-21-14-22(18-7-12-23-24(13-18)30-15-29-23)27(25(21)28)20-10-5-17(2)6-11-20/h3-14,22,26H,15H2,1-2H3. The van der Waals surface area contributed by atoms with E-state index >= 15 is 0 Å². The fraction of sp³-hybridized carbons (Fsp3) is 0.160. The number of nitrogens with zero attached hydrogens (tertiary/aromatic N) is 1. The van der Waals surface area contributed by atoms with E-state index in [0.717, 1.165) is 28.3 Å². The van der Waals surface area contributed by atoms with Crippen molar-refractivity contribution in [3.63, 3.8) is 0 Å². The number of hydrogen-bond acceptors (Lipinski definition) is 4. The van der Waals surface area contributed by atoms with E-state index in [1.807, 2.05) is 91.6 Å². The minimum Gasteiger partial charge on any atom is -0.454 e. The molecule has 0 fully saturated rings. The number of amides is 1. The Labute approximate surface area is 175 Å². The highest BCUT2D eigenvalue weighted by atomic mass is 16.7. The number of carbonyl (C=O) groups is 1. The second-order valence-electron chi connectivity index (χ2n) is 7.64. The van der Waals surface area contributed by atoms with Gasteiger partial charge in [-0.15, -0.1) is 0 Å². The second kappa shape index (κ2) is 7.26. The van der Waals surface area contributed by atoms with Gasteiger partial charge in [-0.1, -0.05) is 41.5 Å². The molecular formula is C25H22N2O3. The van der Waals surface area contributed by atoms with E-state index in [1.165, 1.54) is 5.56 Å². The van der Waals surface area contributed by atoms with Gasteiger partial charge in [0.15, 0.2) is 11.5 Å². The first-order chi connectivity index (χ1) is 14.6. The van der Waals surface area contributed by atoms with Crippen molar-refractivity contribution in [3.8, 4) is 11.5 Å². The quantitative estimate of drug-likeness (QED) is 0.663. The molecule has 2 aliphatic rings. The van der Waals surface area contributed by atoms with Crippen LogP contribution in [0.15, 0.2) is 78.5 Å². The van der Waals surface area contributed by atoms with E-state index in [9.17, 15) is 4.79 Å². The largest absolute Gasteiger partial charge is 0.454 e. The van der Waals surface area contributed by atoms with Gasteiger partial charge in [-0.2, -0.15) is 0 Å². The topological polar surface area (TPSA) is 50.8 Å². The summed E-state index contributed by atoms with van der Waals surface area (Å²) in [6, 6.07) is 21.6. The summed E-state index contributed by atoms with van der Waals surface area (Å²) < 4.78 is 11.0. The van der Waals surface area contributed by atoms with Crippen molar-refractivity contribution in [1.82, 2.24) is 0 Å². The summed E-state index contributed by atoms with van der Waals surface area (Å²) in [4.78, 5) is 15.2. The Kier molecular flexibility index (Phi) is 4.43. The highest BCUT2D eigenvalue weighted by molar-refractivity contribution is 6.11. The van der Waals surface area contributed by atoms with Crippen LogP contribution in [-0.4, -0.2) is 12.7 Å². The molecule has 150 valence electrons. The van der Waals surface area contributed by atoms with Gasteiger partial charge in [0.2, 0.25) is 6.79 Å². The minimum atomic E-state index is -0.248. The van der Waals surface area contributed by atoms with Gasteiger partial charge in [0.05, 0.1) is 6.04 Å². The maximum atomic E-state index is 13.4. The lowest BCUT2D eigenvalue weighted by atomic mass is 10.0. The molecule has 1 atom stereocenters. The highest BCUT2D eigenvalue weighted by Gasteiger charge is 2.35. The molecule has 2 heterocycles. The predicted molar refractivity (Wildman–Crippen MR) is 117 cm³/mol. The molecule has 3 aromatic carbocycles. The number of nitrogens with one attached hydrogen (secondary N) is 1. The van der Waals surface area contributed by atoms with Crippen molar-refractivity contribution < 1.29 is 14.3 Å². The maximum absolute atomic E-state index is 13.4. The number of carbonyl (C=O) groups excluding carboxylic acids is 1. The van der Waals surface area contributed by atoms with Crippen LogP contribution in [0.5, 0.6) is 11.5 Å². The molecule has 5 nitrogen and oxygen atoms in total. The smallest absolute Gasteiger partial charge is 0.275 e. The summed E-state index contributed by atoms with van der Waals surface area (Å²) in [5, 5.41) is 3.29. The van der Waals surface area contributed by atoms with E-state index in [-0.39, 0.29) is 18.7 Å². The molecule has 30 heavy (non-hydrogen) atoms. The van der Waals surface area contributed by atoms with Crippen molar-refractivity contribution in [2.45, 2.75) is 19.9 Å². The van der Waals surface area contributed by atoms with E-state index < -0.39 is 0 Å². The summed E-state index contributed by atoms with van der Waals surface area (Å²) in [7, 11) is 0. The molecule has 2 aliphatic heterocycles. The Balaban J connectivity index is 1.54. The zero-order valence-corrected chi connectivity index (χ0v) is 16.9. The van der Waals surface area contributed by atoms with Crippen molar-refractivity contribution >= 4 is 17.3 Å². The molecule has 3 aromatic rings. The van der Waals surface area contributed by atoms with Crippen LogP contribution >= 0.6 is 0 Å². The lowest BCUT2D eigenvalue weighted by Gasteiger charge is -2.25. The van der Waals surface area contributed by atoms with E-state index in [2.05, 4.69) is 5.32 Å². The summed E-state index contributed by atoms with van der Waals surface area (Å²) in [5.74, 6) is 1.37. The molecule has 1 unspecified atom stereocenters. The molecule has 0 radical (unpaired) electrons. The van der Waals surface area contributed by atoms with Gasteiger partial charge in [-0.3, -0.25) is 9.69 Å². The average Bonchev–Trinajstić information content (AvgIpc) is 3.35. The summed E-state index contributed by atoms with van der Waals surface area (Å²) in [6.45, 7) is 4.30. The number of hydrogen-bond donors (Lipinski definition) is 1. The Hall–Kier alpha value is -3.73. The zero-order valence-electron chi connectivity index (χ0n) is 16.9. The number of aryl methyl sites for hydroxylation is 2. The van der Waals surface area contributed by atoms with Crippen LogP contribution in [0.1, 0.15) is 22.7 Å². The number of benzene rings is 3. The predicted octanol–water partition coefficient (Wildman–Crippen LogP) is 5.12. The van der Waals surface area contributed by atoms with Crippen LogP contribution in [0.3, 0.4) is 0 Å². The molecule has 0 aliphatic carbocycles. The summed E-state index contributed by atoms with van der Waals surface area (Å²) >= 11 is 0. The van der Waals surface area contributed by atoms with Crippen molar-refractivity contribution in [2.24, 2.45) is 0 Å². The lowest BCUT2D eigenvalue weighted by Crippen LogP contribution is -2.30. The van der Waals surface area contributed by atoms with E-state index in [1.54, 1.807) is 0 Å². The van der Waals surface area contributed by atoms with Gasteiger partial charge >= 0.3 is 0 Å². The third kappa shape index (κ3) is 3.28. The molecular weight excluding hydrogens is 376 g/mol. The average molecular weight is 398 g/mol. The fourth-order valence-electron chi connectivity index (χ4n) is 3.77. The van der Waals surface area contributed by atoms with Crippen LogP contribution < -0.4 is 19.7 Å². The number of anilines is 2. The number of ether oxygens (including phenoxy) is 2. The van der Waals surface area contributed by atoms with Crippen LogP contribution in [0.2, 0.25) is 0 Å². The van der Waals surface area contributed by atoms with Gasteiger partial charge in [0.25, 0.3) is 5.91 Å². The van der Waals surface area contributed by atoms with Gasteiger partial charge < -0.3 is 14.8 Å². The Morgan fingerprint density at radius 1 is 0.867 bits per heavy atom. The van der Waals surface area contributed by atoms with Crippen LogP contribution in [0.4, 0.5) is 11.4 Å². The molecule has 0 aromatic heterocycles. The van der Waals surface area contributed by atoms with Gasteiger partial charge in [0.1, 0.15) is 5.70 Å². The molecule has 5 heteroatoms. The molecule has 0 spiro atoms. The van der Waals surface area contributed by atoms with E-state index in [4.69, 9.17) is 9.47 Å². The number of fused-ring (bicyclic) bond motifs is 1. The van der Waals surface area contributed by atoms with Crippen molar-refractivity contribution in [3.05, 3.63) is 95.2 Å². The molecule has 1 amide bonds. The first-order valence-corrected chi connectivity index (χ1v) is 9.94. The third-order valence-corrected chi connectivity index (χ3v) is 5.43. The second-order valence-corrected chi connectivity index (χ2v) is 7.64. The number of rotatable bonds is 4. The Bertz CT molecular complexity index is 1130. The third-order valence-electron chi connectivity index (χ3n) is 5.43. The van der Waals surface area contributed by atoms with Crippen LogP contribution in [0, 0.1) is 13.8 Å². The van der Waals surface area contributed by atoms with E-state index in [0.29, 0.717) is 11.4 Å². The lowest BCUT2D eigenvalue weighted by molar-refractivity contribution is -0.114. The van der Waals surface area contributed by atoms with Crippen LogP contribution in [0.25, 0.3) is 0 Å². The zero-order chi connectivity index (χ0) is 20.7. The van der Waals surface area contributed by atoms with Gasteiger partial charge in [-0.25, -0.2) is 0 Å². The van der Waals surface area contributed by atoms with Crippen molar-refractivity contribution in [2.75, 3.05) is 17.0 Å². The summed E-state index contributed by atoms with van der Waals surface area (Å²) in [5.41, 5.74) is 5.58. The SMILES string of the molecule is Cc1ccc(NC2=CC(c3ccc4c(c3)OCO4)N(c3ccc(C)cc3)C2=O)cc1. The van der Waals surface area contributed by atoms with Crippen LogP contribution in [-0.2, 0) is 4.79 Å². The monoisotopic (exact) mass is 398 g/mol. The summed E-state index contributed by atoms with van der Waals surface area (Å²) in [6.07, 6.45) is 1.97. The van der Waals surface area contributed by atoms with Gasteiger partial charge in [-0.05, 0) is 61.9 Å². The normalized spacial score (nSPS) is 17.3. The molecule has 0 saturated carbocycles.